The van der Waals surface area contributed by atoms with Crippen LogP contribution >= 0.6 is 11.6 Å². The molecule has 5 amide bonds. The van der Waals surface area contributed by atoms with Crippen molar-refractivity contribution >= 4 is 69.6 Å². The summed E-state index contributed by atoms with van der Waals surface area (Å²) in [5.41, 5.74) is 6.27. The minimum atomic E-state index is -4.59. The Labute approximate surface area is 725 Å². The Morgan fingerprint density at radius 1 is 0.331 bits per heavy atom. The fraction of sp³-hybridized carbons (Fsp3) is 0.0417. The number of halogens is 9. The SMILES string of the molecule is C#Cc1cccc(C(=O)Nc2cc(F)c(F)c(Oc3cncnc3)c2)c1.C#Cc1cccc(C(=O)Nc2ccc(F)c(Oc3cncnc3)c2)c1.Cc1cccc(C(=O)Nc2cc(Cl)cc(Oc3cncc(F)c3)c2)c1.Cc1cccc(C(=O)Nc2cc(F)cc(Oc3cccnc3)c2)c1.Cc1cccc(C(=O)Nc2cc(Oc3cccnc3)cc(C(F)(F)F)c2)c1. The summed E-state index contributed by atoms with van der Waals surface area (Å²) in [5, 5.41) is 13.5. The molecule has 0 fully saturated rings. The average Bonchev–Trinajstić information content (AvgIpc) is 0.828. The molecule has 0 bridgehead atoms. The van der Waals surface area contributed by atoms with Gasteiger partial charge in [0, 0.05) is 133 Å². The Morgan fingerprint density at radius 2 is 0.724 bits per heavy atom. The molecule has 15 aromatic rings. The number of benzene rings is 10. The molecule has 0 spiro atoms. The van der Waals surface area contributed by atoms with Crippen LogP contribution in [-0.2, 0) is 6.18 Å². The van der Waals surface area contributed by atoms with E-state index in [1.165, 1.54) is 111 Å². The molecule has 15 rings (SSSR count). The smallest absolute Gasteiger partial charge is 0.416 e. The maximum Gasteiger partial charge on any atom is 0.416 e. The van der Waals surface area contributed by atoms with E-state index in [1.54, 1.807) is 146 Å². The van der Waals surface area contributed by atoms with Crippen molar-refractivity contribution < 1.29 is 82.8 Å². The second kappa shape index (κ2) is 44.0. The molecule has 127 heavy (non-hydrogen) atoms. The van der Waals surface area contributed by atoms with Crippen LogP contribution in [0.4, 0.5) is 63.6 Å². The Hall–Kier alpha value is -17.0. The van der Waals surface area contributed by atoms with Crippen molar-refractivity contribution in [1.29, 1.82) is 0 Å². The molecule has 0 atom stereocenters. The van der Waals surface area contributed by atoms with Gasteiger partial charge in [-0.15, -0.1) is 12.8 Å². The van der Waals surface area contributed by atoms with Gasteiger partial charge >= 0.3 is 6.18 Å². The number of terminal acetylenes is 2. The minimum absolute atomic E-state index is 0.0183. The molecule has 0 radical (unpaired) electrons. The van der Waals surface area contributed by atoms with E-state index in [0.717, 1.165) is 47.2 Å². The number of hydrogen-bond donors (Lipinski definition) is 5. The highest BCUT2D eigenvalue weighted by molar-refractivity contribution is 6.31. The number of aromatic nitrogens is 7. The van der Waals surface area contributed by atoms with Crippen molar-refractivity contribution in [2.45, 2.75) is 26.9 Å². The van der Waals surface area contributed by atoms with Crippen LogP contribution in [0, 0.1) is 74.5 Å². The molecule has 31 heteroatoms. The average molecular weight is 1740 g/mol. The third-order valence-electron chi connectivity index (χ3n) is 16.8. The number of anilines is 5. The Bertz CT molecular complexity index is 6520. The first-order valence-corrected chi connectivity index (χ1v) is 37.8. The summed E-state index contributed by atoms with van der Waals surface area (Å²) in [7, 11) is 0. The highest BCUT2D eigenvalue weighted by atomic mass is 35.5. The predicted octanol–water partition coefficient (Wildman–Crippen LogP) is 22.7. The van der Waals surface area contributed by atoms with E-state index in [-0.39, 0.29) is 74.9 Å². The van der Waals surface area contributed by atoms with E-state index < -0.39 is 58.4 Å². The van der Waals surface area contributed by atoms with Crippen LogP contribution in [0.2, 0.25) is 5.02 Å². The molecule has 0 aliphatic rings. The summed E-state index contributed by atoms with van der Waals surface area (Å²) in [6, 6.07) is 59.9. The van der Waals surface area contributed by atoms with Gasteiger partial charge in [0.25, 0.3) is 29.5 Å². The summed E-state index contributed by atoms with van der Waals surface area (Å²) < 4.78 is 136. The van der Waals surface area contributed by atoms with Crippen LogP contribution in [0.1, 0.15) is 85.2 Å². The van der Waals surface area contributed by atoms with Crippen molar-refractivity contribution in [2.24, 2.45) is 0 Å². The van der Waals surface area contributed by atoms with Crippen LogP contribution in [-0.4, -0.2) is 64.4 Å². The van der Waals surface area contributed by atoms with Crippen LogP contribution in [0.25, 0.3) is 0 Å². The van der Waals surface area contributed by atoms with E-state index >= 15 is 0 Å². The minimum Gasteiger partial charge on any atom is -0.456 e. The van der Waals surface area contributed by atoms with Crippen LogP contribution in [0.5, 0.6) is 57.5 Å². The number of aryl methyl sites for hydroxylation is 3. The van der Waals surface area contributed by atoms with Gasteiger partial charge in [-0.25, -0.2) is 37.5 Å². The highest BCUT2D eigenvalue weighted by Gasteiger charge is 2.32. The quantitative estimate of drug-likeness (QED) is 0.0350. The number of nitrogens with zero attached hydrogens (tertiary/aromatic N) is 7. The van der Waals surface area contributed by atoms with E-state index in [0.29, 0.717) is 67.0 Å². The largest absolute Gasteiger partial charge is 0.456 e. The van der Waals surface area contributed by atoms with Gasteiger partial charge in [0.05, 0.1) is 55.1 Å². The summed E-state index contributed by atoms with van der Waals surface area (Å²) in [4.78, 5) is 88.1. The summed E-state index contributed by atoms with van der Waals surface area (Å²) in [6.07, 6.45) is 22.6. The maximum absolute atomic E-state index is 14.0. The fourth-order valence-electron chi connectivity index (χ4n) is 11.1. The number of ether oxygens (including phenoxy) is 5. The van der Waals surface area contributed by atoms with E-state index in [9.17, 15) is 59.1 Å². The number of pyridine rings is 3. The topological polar surface area (TPSA) is 282 Å². The molecule has 0 saturated heterocycles. The molecule has 634 valence electrons. The molecule has 0 saturated carbocycles. The van der Waals surface area contributed by atoms with E-state index in [1.807, 2.05) is 45.0 Å². The van der Waals surface area contributed by atoms with Crippen molar-refractivity contribution in [3.63, 3.8) is 0 Å². The standard InChI is InChI=1S/C20H15F3N2O2.C19H14ClFN2O2.C19H11F2N3O2.C19H12FN3O2.C19H15FN2O2/c1-13-4-2-5-14(8-13)19(26)25-16-9-15(20(21,22)23)10-18(11-16)27-17-6-3-7-24-12-17;1-12-3-2-4-13(5-12)19(24)23-16-6-14(20)7-17(9-16)25-18-8-15(21)10-22-11-18;1-2-12-4-3-5-13(6-12)19(25)24-14-7-16(20)18(21)17(8-14)26-15-9-22-11-23-10-15;1-2-13-4-3-5-14(8-13)19(24)23-15-6-7-17(20)18(9-15)25-16-10-21-12-22-11-16;1-13-4-2-5-14(8-13)19(23)22-16-9-15(20)10-18(11-16)24-17-6-3-7-21-12-17/h2-12H,1H3,(H,25,26);2-11H,1H3,(H,23,24);1,3-11H,(H,24,25);1,3-12H,(H,23,24);2-12H,1H3,(H,22,23). The summed E-state index contributed by atoms with van der Waals surface area (Å²) in [5.74, 6) is 0.500. The predicted molar refractivity (Wildman–Crippen MR) is 461 cm³/mol. The second-order valence-electron chi connectivity index (χ2n) is 26.7. The molecule has 5 heterocycles. The van der Waals surface area contributed by atoms with Crippen molar-refractivity contribution in [2.75, 3.05) is 26.6 Å². The number of alkyl halides is 3. The van der Waals surface area contributed by atoms with Gasteiger partial charge < -0.3 is 50.3 Å². The van der Waals surface area contributed by atoms with Crippen molar-refractivity contribution in [3.8, 4) is 82.2 Å². The third kappa shape index (κ3) is 28.3. The van der Waals surface area contributed by atoms with E-state index in [2.05, 4.69) is 73.3 Å². The lowest BCUT2D eigenvalue weighted by Gasteiger charge is -2.14. The number of carbonyl (C=O) groups is 5. The van der Waals surface area contributed by atoms with Gasteiger partial charge in [-0.05, 0) is 160 Å². The highest BCUT2D eigenvalue weighted by Crippen LogP contribution is 2.38. The number of hydrogen-bond acceptors (Lipinski definition) is 17. The van der Waals surface area contributed by atoms with Gasteiger partial charge in [-0.2, -0.15) is 17.6 Å². The van der Waals surface area contributed by atoms with Gasteiger partial charge in [-0.3, -0.25) is 38.9 Å². The first-order chi connectivity index (χ1) is 61.1. The zero-order chi connectivity index (χ0) is 90.4. The van der Waals surface area contributed by atoms with Gasteiger partial charge in [0.1, 0.15) is 58.8 Å². The molecule has 0 aliphatic carbocycles. The number of rotatable bonds is 20. The van der Waals surface area contributed by atoms with Gasteiger partial charge in [-0.1, -0.05) is 88.7 Å². The molecule has 5 aromatic heterocycles. The molecular formula is C96H67ClF8N12O10. The summed E-state index contributed by atoms with van der Waals surface area (Å²) in [6.45, 7) is 5.63. The first-order valence-electron chi connectivity index (χ1n) is 37.4. The Balaban J connectivity index is 0.000000154. The zero-order valence-electron chi connectivity index (χ0n) is 66.7. The lowest BCUT2D eigenvalue weighted by Crippen LogP contribution is -2.13. The lowest BCUT2D eigenvalue weighted by atomic mass is 10.1. The van der Waals surface area contributed by atoms with Gasteiger partial charge in [0.2, 0.25) is 5.82 Å². The third-order valence-corrected chi connectivity index (χ3v) is 17.0. The molecule has 22 nitrogen and oxygen atoms in total. The first kappa shape index (κ1) is 90.8. The number of carbonyl (C=O) groups excluding carboxylic acids is 5. The van der Waals surface area contributed by atoms with Crippen LogP contribution in [0.3, 0.4) is 0 Å². The fourth-order valence-corrected chi connectivity index (χ4v) is 11.4. The summed E-state index contributed by atoms with van der Waals surface area (Å²) >= 11 is 6.08. The van der Waals surface area contributed by atoms with Crippen molar-refractivity contribution in [3.05, 3.63) is 407 Å². The zero-order valence-corrected chi connectivity index (χ0v) is 67.5. The molecule has 10 aromatic carbocycles. The Kier molecular flexibility index (Phi) is 31.4. The van der Waals surface area contributed by atoms with Crippen molar-refractivity contribution in [1.82, 2.24) is 34.9 Å². The van der Waals surface area contributed by atoms with Crippen LogP contribution in [0.15, 0.2) is 311 Å². The van der Waals surface area contributed by atoms with E-state index in [4.69, 9.17) is 48.1 Å². The van der Waals surface area contributed by atoms with Crippen LogP contribution < -0.4 is 50.3 Å². The molecule has 0 unspecified atom stereocenters. The normalized spacial score (nSPS) is 10.3. The second-order valence-corrected chi connectivity index (χ2v) is 27.2. The molecule has 0 aliphatic heterocycles. The molecule has 5 N–H and O–H groups in total. The number of amides is 5. The number of nitrogens with one attached hydrogen (secondary N) is 5. The van der Waals surface area contributed by atoms with Gasteiger partial charge in [0.15, 0.2) is 34.6 Å². The lowest BCUT2D eigenvalue weighted by molar-refractivity contribution is -0.137. The maximum atomic E-state index is 14.0. The molecular weight excluding hydrogens is 1670 g/mol. The monoisotopic (exact) mass is 1730 g/mol. The Morgan fingerprint density at radius 3 is 1.18 bits per heavy atom.